The monoisotopic (exact) mass is 269 g/mol. The molecule has 18 heavy (non-hydrogen) atoms. The minimum atomic E-state index is 0.00848. The maximum Gasteiger partial charge on any atom is 0.263 e. The zero-order chi connectivity index (χ0) is 13.5. The summed E-state index contributed by atoms with van der Waals surface area (Å²) < 4.78 is 0. The summed E-state index contributed by atoms with van der Waals surface area (Å²) in [4.78, 5) is 17.3. The van der Waals surface area contributed by atoms with Crippen molar-refractivity contribution in [3.63, 3.8) is 0 Å². The summed E-state index contributed by atoms with van der Waals surface area (Å²) in [6.07, 6.45) is 0.861. The third-order valence-electron chi connectivity index (χ3n) is 2.45. The Morgan fingerprint density at radius 3 is 2.72 bits per heavy atom. The number of rotatable bonds is 7. The van der Waals surface area contributed by atoms with Crippen molar-refractivity contribution in [2.75, 3.05) is 19.6 Å². The number of nitrogens with zero attached hydrogens (tertiary/aromatic N) is 1. The van der Waals surface area contributed by atoms with E-state index in [4.69, 9.17) is 0 Å². The van der Waals surface area contributed by atoms with Gasteiger partial charge in [0.1, 0.15) is 4.88 Å². The lowest BCUT2D eigenvalue weighted by atomic mass is 10.1. The van der Waals surface area contributed by atoms with Gasteiger partial charge < -0.3 is 10.6 Å². The molecule has 0 saturated heterocycles. The minimum Gasteiger partial charge on any atom is -0.350 e. The lowest BCUT2D eigenvalue weighted by molar-refractivity contribution is 0.0957. The van der Waals surface area contributed by atoms with E-state index < -0.39 is 0 Å². The second-order valence-corrected chi connectivity index (χ2v) is 5.92. The van der Waals surface area contributed by atoms with E-state index in [1.54, 1.807) is 0 Å². The van der Waals surface area contributed by atoms with Crippen molar-refractivity contribution in [1.82, 2.24) is 15.6 Å². The second-order valence-electron chi connectivity index (χ2n) is 4.72. The summed E-state index contributed by atoms with van der Waals surface area (Å²) in [6, 6.07) is 0. The molecule has 0 bridgehead atoms. The molecule has 0 radical (unpaired) electrons. The lowest BCUT2D eigenvalue weighted by Crippen LogP contribution is -2.31. The summed E-state index contributed by atoms with van der Waals surface area (Å²) >= 11 is 1.48. The first-order valence-corrected chi connectivity index (χ1v) is 7.31. The van der Waals surface area contributed by atoms with Gasteiger partial charge in [0, 0.05) is 13.1 Å². The van der Waals surface area contributed by atoms with Crippen molar-refractivity contribution in [3.05, 3.63) is 15.6 Å². The molecular formula is C13H23N3OS. The van der Waals surface area contributed by atoms with Gasteiger partial charge in [-0.15, -0.1) is 11.3 Å². The van der Waals surface area contributed by atoms with Gasteiger partial charge in [0.15, 0.2) is 0 Å². The van der Waals surface area contributed by atoms with E-state index in [0.717, 1.165) is 35.1 Å². The Morgan fingerprint density at radius 2 is 2.11 bits per heavy atom. The van der Waals surface area contributed by atoms with E-state index in [9.17, 15) is 4.79 Å². The molecule has 5 heteroatoms. The summed E-state index contributed by atoms with van der Waals surface area (Å²) in [5.74, 6) is 0.522. The zero-order valence-corrected chi connectivity index (χ0v) is 12.5. The van der Waals surface area contributed by atoms with E-state index in [-0.39, 0.29) is 5.91 Å². The van der Waals surface area contributed by atoms with Crippen LogP contribution in [0, 0.1) is 12.8 Å². The molecule has 2 N–H and O–H groups in total. The number of hydrogen-bond acceptors (Lipinski definition) is 4. The van der Waals surface area contributed by atoms with E-state index in [0.29, 0.717) is 12.5 Å². The molecule has 0 aromatic carbocycles. The van der Waals surface area contributed by atoms with E-state index in [1.807, 2.05) is 6.92 Å². The van der Waals surface area contributed by atoms with Crippen LogP contribution in [-0.2, 0) is 6.42 Å². The van der Waals surface area contributed by atoms with Gasteiger partial charge in [-0.05, 0) is 25.8 Å². The van der Waals surface area contributed by atoms with E-state index in [2.05, 4.69) is 36.4 Å². The van der Waals surface area contributed by atoms with Crippen molar-refractivity contribution in [2.24, 2.45) is 5.92 Å². The van der Waals surface area contributed by atoms with E-state index >= 15 is 0 Å². The van der Waals surface area contributed by atoms with Gasteiger partial charge in [0.25, 0.3) is 5.91 Å². The molecule has 0 spiro atoms. The summed E-state index contributed by atoms with van der Waals surface area (Å²) in [5, 5.41) is 7.07. The first kappa shape index (κ1) is 15.1. The number of thiazole rings is 1. The molecule has 1 amide bonds. The smallest absolute Gasteiger partial charge is 0.263 e. The third kappa shape index (κ3) is 4.74. The standard InChI is InChI=1S/C13H23N3OS/c1-5-14-6-7-15-13(17)12-11(8-9(2)3)16-10(4)18-12/h9,14H,5-8H2,1-4H3,(H,15,17). The molecule has 1 aromatic rings. The molecule has 102 valence electrons. The highest BCUT2D eigenvalue weighted by atomic mass is 32.1. The van der Waals surface area contributed by atoms with Crippen molar-refractivity contribution in [1.29, 1.82) is 0 Å². The average Bonchev–Trinajstić information content (AvgIpc) is 2.64. The van der Waals surface area contributed by atoms with Gasteiger partial charge in [-0.2, -0.15) is 0 Å². The Labute approximate surface area is 113 Å². The van der Waals surface area contributed by atoms with Crippen LogP contribution in [0.4, 0.5) is 0 Å². The molecular weight excluding hydrogens is 246 g/mol. The van der Waals surface area contributed by atoms with Crippen LogP contribution in [0.25, 0.3) is 0 Å². The lowest BCUT2D eigenvalue weighted by Gasteiger charge is -2.06. The largest absolute Gasteiger partial charge is 0.350 e. The van der Waals surface area contributed by atoms with Crippen LogP contribution in [0.15, 0.2) is 0 Å². The topological polar surface area (TPSA) is 54.0 Å². The van der Waals surface area contributed by atoms with Crippen molar-refractivity contribution < 1.29 is 4.79 Å². The Morgan fingerprint density at radius 1 is 1.39 bits per heavy atom. The molecule has 0 aliphatic rings. The van der Waals surface area contributed by atoms with Crippen LogP contribution in [-0.4, -0.2) is 30.5 Å². The van der Waals surface area contributed by atoms with Crippen molar-refractivity contribution in [2.45, 2.75) is 34.1 Å². The van der Waals surface area contributed by atoms with Crippen LogP contribution < -0.4 is 10.6 Å². The fourth-order valence-electron chi connectivity index (χ4n) is 1.69. The predicted octanol–water partition coefficient (Wildman–Crippen LogP) is 1.99. The fourth-order valence-corrected chi connectivity index (χ4v) is 2.56. The number of hydrogen-bond donors (Lipinski definition) is 2. The summed E-state index contributed by atoms with van der Waals surface area (Å²) in [5.41, 5.74) is 0.938. The van der Waals surface area contributed by atoms with Crippen molar-refractivity contribution >= 4 is 17.2 Å². The van der Waals surface area contributed by atoms with Crippen LogP contribution >= 0.6 is 11.3 Å². The number of aromatic nitrogens is 1. The van der Waals surface area contributed by atoms with Crippen LogP contribution in [0.1, 0.15) is 41.1 Å². The molecule has 0 atom stereocenters. The van der Waals surface area contributed by atoms with Gasteiger partial charge in [0.05, 0.1) is 10.7 Å². The maximum absolute atomic E-state index is 12.1. The van der Waals surface area contributed by atoms with Crippen LogP contribution in [0.2, 0.25) is 0 Å². The highest BCUT2D eigenvalue weighted by Crippen LogP contribution is 2.20. The van der Waals surface area contributed by atoms with Gasteiger partial charge in [-0.3, -0.25) is 4.79 Å². The van der Waals surface area contributed by atoms with Crippen molar-refractivity contribution in [3.8, 4) is 0 Å². The Hall–Kier alpha value is -0.940. The number of carbonyl (C=O) groups is 1. The van der Waals surface area contributed by atoms with E-state index in [1.165, 1.54) is 11.3 Å². The predicted molar refractivity (Wildman–Crippen MR) is 76.3 cm³/mol. The highest BCUT2D eigenvalue weighted by molar-refractivity contribution is 7.13. The molecule has 0 saturated carbocycles. The summed E-state index contributed by atoms with van der Waals surface area (Å²) in [7, 11) is 0. The molecule has 1 aromatic heterocycles. The third-order valence-corrected chi connectivity index (χ3v) is 3.46. The number of amides is 1. The number of carbonyl (C=O) groups excluding carboxylic acids is 1. The maximum atomic E-state index is 12.1. The second kappa shape index (κ2) is 7.48. The van der Waals surface area contributed by atoms with Gasteiger partial charge >= 0.3 is 0 Å². The highest BCUT2D eigenvalue weighted by Gasteiger charge is 2.16. The number of likely N-dealkylation sites (N-methyl/N-ethyl adjacent to an activating group) is 1. The Balaban J connectivity index is 2.60. The molecule has 0 unspecified atom stereocenters. The average molecular weight is 269 g/mol. The van der Waals surface area contributed by atoms with Gasteiger partial charge in [0.2, 0.25) is 0 Å². The Bertz CT molecular complexity index is 388. The first-order valence-electron chi connectivity index (χ1n) is 6.49. The SMILES string of the molecule is CCNCCNC(=O)c1sc(C)nc1CC(C)C. The molecule has 1 rings (SSSR count). The molecule has 0 aliphatic heterocycles. The van der Waals surface area contributed by atoms with Crippen LogP contribution in [0.3, 0.4) is 0 Å². The molecule has 0 aliphatic carbocycles. The zero-order valence-electron chi connectivity index (χ0n) is 11.7. The quantitative estimate of drug-likeness (QED) is 0.744. The molecule has 1 heterocycles. The fraction of sp³-hybridized carbons (Fsp3) is 0.692. The van der Waals surface area contributed by atoms with Crippen LogP contribution in [0.5, 0.6) is 0 Å². The number of aryl methyl sites for hydroxylation is 1. The first-order chi connectivity index (χ1) is 8.54. The molecule has 0 fully saturated rings. The summed E-state index contributed by atoms with van der Waals surface area (Å²) in [6.45, 7) is 10.7. The van der Waals surface area contributed by atoms with Gasteiger partial charge in [-0.1, -0.05) is 20.8 Å². The molecule has 4 nitrogen and oxygen atoms in total. The normalized spacial score (nSPS) is 10.9. The Kier molecular flexibility index (Phi) is 6.29. The van der Waals surface area contributed by atoms with Gasteiger partial charge in [-0.25, -0.2) is 4.98 Å². The number of nitrogens with one attached hydrogen (secondary N) is 2. The minimum absolute atomic E-state index is 0.00848.